The normalized spacial score (nSPS) is 10.3. The van der Waals surface area contributed by atoms with E-state index in [4.69, 9.17) is 0 Å². The molecule has 0 fully saturated rings. The average molecular weight is 304 g/mol. The Morgan fingerprint density at radius 1 is 0.957 bits per heavy atom. The predicted octanol–water partition coefficient (Wildman–Crippen LogP) is 3.40. The Kier molecular flexibility index (Phi) is 4.06. The zero-order chi connectivity index (χ0) is 16.2. The molecule has 0 aliphatic carbocycles. The Morgan fingerprint density at radius 3 is 2.48 bits per heavy atom. The molecule has 4 nitrogen and oxygen atoms in total. The third-order valence-corrected chi connectivity index (χ3v) is 3.48. The lowest BCUT2D eigenvalue weighted by atomic mass is 10.1. The van der Waals surface area contributed by atoms with E-state index in [1.54, 1.807) is 18.3 Å². The van der Waals surface area contributed by atoms with Crippen LogP contribution in [0.2, 0.25) is 0 Å². The van der Waals surface area contributed by atoms with Crippen LogP contribution < -0.4 is 10.9 Å². The highest BCUT2D eigenvalue weighted by molar-refractivity contribution is 6.04. The monoisotopic (exact) mass is 304 g/mol. The minimum Gasteiger partial charge on any atom is -0.321 e. The van der Waals surface area contributed by atoms with Crippen molar-refractivity contribution in [1.29, 1.82) is 0 Å². The Labute approximate surface area is 134 Å². The number of para-hydroxylation sites is 1. The molecule has 114 valence electrons. The van der Waals surface area contributed by atoms with Crippen LogP contribution in [-0.2, 0) is 0 Å². The molecule has 0 aliphatic rings. The number of pyridine rings is 1. The second-order valence-electron chi connectivity index (χ2n) is 5.29. The molecule has 23 heavy (non-hydrogen) atoms. The van der Waals surface area contributed by atoms with Gasteiger partial charge in [0.1, 0.15) is 0 Å². The molecule has 0 radical (unpaired) electrons. The topological polar surface area (TPSA) is 51.1 Å². The van der Waals surface area contributed by atoms with Crippen molar-refractivity contribution in [3.8, 4) is 5.69 Å². The molecule has 1 heterocycles. The summed E-state index contributed by atoms with van der Waals surface area (Å²) in [7, 11) is 0. The highest BCUT2D eigenvalue weighted by Crippen LogP contribution is 2.12. The summed E-state index contributed by atoms with van der Waals surface area (Å²) in [4.78, 5) is 24.3. The lowest BCUT2D eigenvalue weighted by Crippen LogP contribution is -2.19. The summed E-state index contributed by atoms with van der Waals surface area (Å²) < 4.78 is 1.51. The van der Waals surface area contributed by atoms with Gasteiger partial charge in [-0.05, 0) is 37.3 Å². The van der Waals surface area contributed by atoms with Gasteiger partial charge in [-0.1, -0.05) is 35.9 Å². The van der Waals surface area contributed by atoms with Gasteiger partial charge in [-0.15, -0.1) is 0 Å². The third-order valence-electron chi connectivity index (χ3n) is 3.48. The zero-order valence-corrected chi connectivity index (χ0v) is 12.7. The van der Waals surface area contributed by atoms with Gasteiger partial charge >= 0.3 is 0 Å². The van der Waals surface area contributed by atoms with Crippen molar-refractivity contribution < 1.29 is 4.79 Å². The van der Waals surface area contributed by atoms with Crippen LogP contribution in [-0.4, -0.2) is 10.5 Å². The molecule has 1 amide bonds. The van der Waals surface area contributed by atoms with Crippen LogP contribution in [0.25, 0.3) is 5.69 Å². The van der Waals surface area contributed by atoms with E-state index < -0.39 is 0 Å². The van der Waals surface area contributed by atoms with Crippen molar-refractivity contribution in [1.82, 2.24) is 4.57 Å². The summed E-state index contributed by atoms with van der Waals surface area (Å²) in [6, 6.07) is 19.7. The first-order valence-corrected chi connectivity index (χ1v) is 7.30. The number of carbonyl (C=O) groups is 1. The number of nitrogens with zero attached hydrogens (tertiary/aromatic N) is 1. The Balaban J connectivity index is 1.90. The van der Waals surface area contributed by atoms with Crippen molar-refractivity contribution in [3.63, 3.8) is 0 Å². The summed E-state index contributed by atoms with van der Waals surface area (Å²) >= 11 is 0. The van der Waals surface area contributed by atoms with E-state index >= 15 is 0 Å². The molecule has 3 aromatic rings. The first kappa shape index (κ1) is 14.8. The first-order valence-electron chi connectivity index (χ1n) is 7.30. The van der Waals surface area contributed by atoms with Crippen LogP contribution in [0.4, 0.5) is 5.69 Å². The van der Waals surface area contributed by atoms with Crippen LogP contribution in [0.3, 0.4) is 0 Å². The molecule has 1 aromatic heterocycles. The number of aromatic nitrogens is 1. The number of hydrogen-bond acceptors (Lipinski definition) is 2. The highest BCUT2D eigenvalue weighted by atomic mass is 16.1. The van der Waals surface area contributed by atoms with E-state index in [1.807, 2.05) is 55.5 Å². The lowest BCUT2D eigenvalue weighted by Gasteiger charge is -2.10. The maximum absolute atomic E-state index is 12.3. The highest BCUT2D eigenvalue weighted by Gasteiger charge is 2.07. The van der Waals surface area contributed by atoms with Crippen LogP contribution >= 0.6 is 0 Å². The van der Waals surface area contributed by atoms with E-state index in [0.717, 1.165) is 11.3 Å². The maximum Gasteiger partial charge on any atom is 0.255 e. The van der Waals surface area contributed by atoms with Gasteiger partial charge in [0.15, 0.2) is 0 Å². The molecule has 0 aliphatic heterocycles. The van der Waals surface area contributed by atoms with Crippen LogP contribution in [0.5, 0.6) is 0 Å². The van der Waals surface area contributed by atoms with Crippen LogP contribution in [0, 0.1) is 6.92 Å². The van der Waals surface area contributed by atoms with Crippen LogP contribution in [0.1, 0.15) is 15.9 Å². The number of benzene rings is 2. The molecule has 3 rings (SSSR count). The summed E-state index contributed by atoms with van der Waals surface area (Å²) in [5.41, 5.74) is 2.78. The average Bonchev–Trinajstić information content (AvgIpc) is 2.57. The lowest BCUT2D eigenvalue weighted by molar-refractivity contribution is 0.102. The van der Waals surface area contributed by atoms with E-state index in [2.05, 4.69) is 5.32 Å². The van der Waals surface area contributed by atoms with Crippen molar-refractivity contribution in [2.75, 3.05) is 5.32 Å². The molecule has 0 unspecified atom stereocenters. The molecular formula is C19H16N2O2. The van der Waals surface area contributed by atoms with Gasteiger partial charge < -0.3 is 5.32 Å². The first-order chi connectivity index (χ1) is 11.1. The van der Waals surface area contributed by atoms with Crippen molar-refractivity contribution in [2.45, 2.75) is 6.92 Å². The number of anilines is 1. The molecule has 4 heteroatoms. The second kappa shape index (κ2) is 6.32. The van der Waals surface area contributed by atoms with Gasteiger partial charge in [-0.25, -0.2) is 0 Å². The number of hydrogen-bond donors (Lipinski definition) is 1. The van der Waals surface area contributed by atoms with Gasteiger partial charge in [0.05, 0.1) is 5.69 Å². The number of rotatable bonds is 3. The molecule has 0 saturated heterocycles. The quantitative estimate of drug-likeness (QED) is 0.806. The molecule has 1 N–H and O–H groups in total. The van der Waals surface area contributed by atoms with Gasteiger partial charge in [-0.3, -0.25) is 14.2 Å². The maximum atomic E-state index is 12.3. The second-order valence-corrected chi connectivity index (χ2v) is 5.29. The minimum absolute atomic E-state index is 0.148. The Bertz CT molecular complexity index is 898. The van der Waals surface area contributed by atoms with Gasteiger partial charge in [0.2, 0.25) is 0 Å². The molecule has 0 saturated carbocycles. The van der Waals surface area contributed by atoms with E-state index in [0.29, 0.717) is 11.3 Å². The summed E-state index contributed by atoms with van der Waals surface area (Å²) in [5, 5.41) is 2.82. The zero-order valence-electron chi connectivity index (χ0n) is 12.7. The van der Waals surface area contributed by atoms with Gasteiger partial charge in [0.25, 0.3) is 11.5 Å². The van der Waals surface area contributed by atoms with Crippen molar-refractivity contribution >= 4 is 11.6 Å². The number of carbonyl (C=O) groups excluding carboxylic acids is 1. The molecule has 0 bridgehead atoms. The largest absolute Gasteiger partial charge is 0.321 e. The number of nitrogens with one attached hydrogen (secondary N) is 1. The Hall–Kier alpha value is -3.14. The van der Waals surface area contributed by atoms with E-state index in [-0.39, 0.29) is 11.5 Å². The predicted molar refractivity (Wildman–Crippen MR) is 91.2 cm³/mol. The molecule has 2 aromatic carbocycles. The van der Waals surface area contributed by atoms with E-state index in [9.17, 15) is 9.59 Å². The van der Waals surface area contributed by atoms with Crippen molar-refractivity contribution in [3.05, 3.63) is 94.4 Å². The standard InChI is InChI=1S/C19H16N2O2/c1-14-6-5-7-15(12-14)19(23)20-16-10-11-18(22)21(13-16)17-8-3-2-4-9-17/h2-13H,1H3,(H,20,23). The fraction of sp³-hybridized carbons (Fsp3) is 0.0526. The third kappa shape index (κ3) is 3.37. The number of amides is 1. The van der Waals surface area contributed by atoms with E-state index in [1.165, 1.54) is 10.6 Å². The summed E-state index contributed by atoms with van der Waals surface area (Å²) in [6.07, 6.45) is 1.63. The van der Waals surface area contributed by atoms with Crippen LogP contribution in [0.15, 0.2) is 77.7 Å². The number of aryl methyl sites for hydroxylation is 1. The summed E-state index contributed by atoms with van der Waals surface area (Å²) in [5.74, 6) is -0.202. The molecule has 0 spiro atoms. The molecular weight excluding hydrogens is 288 g/mol. The SMILES string of the molecule is Cc1cccc(C(=O)Nc2ccc(=O)n(-c3ccccc3)c2)c1. The minimum atomic E-state index is -0.202. The summed E-state index contributed by atoms with van der Waals surface area (Å²) in [6.45, 7) is 1.94. The fourth-order valence-electron chi connectivity index (χ4n) is 2.34. The van der Waals surface area contributed by atoms with Crippen molar-refractivity contribution in [2.24, 2.45) is 0 Å². The van der Waals surface area contributed by atoms with Gasteiger partial charge in [0, 0.05) is 23.5 Å². The van der Waals surface area contributed by atoms with Gasteiger partial charge in [-0.2, -0.15) is 0 Å². The molecule has 0 atom stereocenters. The Morgan fingerprint density at radius 2 is 1.74 bits per heavy atom. The fourth-order valence-corrected chi connectivity index (χ4v) is 2.34. The smallest absolute Gasteiger partial charge is 0.255 e.